The SMILES string of the molecule is O=S(=O)(NC1(CO)CC1)c1ccc(Br)s1. The van der Waals surface area contributed by atoms with E-state index in [1.165, 1.54) is 0 Å². The predicted molar refractivity (Wildman–Crippen MR) is 61.4 cm³/mol. The highest BCUT2D eigenvalue weighted by Crippen LogP contribution is 2.37. The highest BCUT2D eigenvalue weighted by Gasteiger charge is 2.45. The van der Waals surface area contributed by atoms with Crippen molar-refractivity contribution in [1.29, 1.82) is 0 Å². The largest absolute Gasteiger partial charge is 0.394 e. The second-order valence-corrected chi connectivity index (χ2v) is 7.97. The van der Waals surface area contributed by atoms with Crippen molar-refractivity contribution >= 4 is 37.3 Å². The predicted octanol–water partition coefficient (Wildman–Crippen LogP) is 1.31. The van der Waals surface area contributed by atoms with E-state index in [0.29, 0.717) is 12.8 Å². The van der Waals surface area contributed by atoms with Crippen LogP contribution in [-0.4, -0.2) is 25.7 Å². The number of nitrogens with one attached hydrogen (secondary N) is 1. The lowest BCUT2D eigenvalue weighted by atomic mass is 10.3. The molecule has 0 spiro atoms. The fourth-order valence-electron chi connectivity index (χ4n) is 1.22. The molecule has 0 radical (unpaired) electrons. The van der Waals surface area contributed by atoms with Crippen molar-refractivity contribution in [2.75, 3.05) is 6.61 Å². The zero-order valence-electron chi connectivity index (χ0n) is 7.73. The van der Waals surface area contributed by atoms with Gasteiger partial charge in [0.1, 0.15) is 4.21 Å². The maximum atomic E-state index is 11.8. The molecule has 4 nitrogen and oxygen atoms in total. The maximum Gasteiger partial charge on any atom is 0.250 e. The highest BCUT2D eigenvalue weighted by atomic mass is 79.9. The number of rotatable bonds is 4. The van der Waals surface area contributed by atoms with Crippen molar-refractivity contribution in [3.63, 3.8) is 0 Å². The summed E-state index contributed by atoms with van der Waals surface area (Å²) >= 11 is 4.37. The third-order valence-electron chi connectivity index (χ3n) is 2.32. The number of sulfonamides is 1. The Morgan fingerprint density at radius 1 is 1.53 bits per heavy atom. The first kappa shape index (κ1) is 11.5. The van der Waals surface area contributed by atoms with E-state index in [-0.39, 0.29) is 10.8 Å². The van der Waals surface area contributed by atoms with Crippen molar-refractivity contribution in [2.24, 2.45) is 0 Å². The quantitative estimate of drug-likeness (QED) is 0.881. The van der Waals surface area contributed by atoms with Gasteiger partial charge in [-0.1, -0.05) is 0 Å². The molecular weight excluding hydrogens is 302 g/mol. The Kier molecular flexibility index (Phi) is 2.93. The number of hydrogen-bond acceptors (Lipinski definition) is 4. The number of aliphatic hydroxyl groups is 1. The molecule has 1 aromatic heterocycles. The first-order valence-electron chi connectivity index (χ1n) is 4.38. The Balaban J connectivity index is 2.21. The van der Waals surface area contributed by atoms with Gasteiger partial charge in [-0.25, -0.2) is 13.1 Å². The van der Waals surface area contributed by atoms with E-state index in [0.717, 1.165) is 15.1 Å². The van der Waals surface area contributed by atoms with Crippen LogP contribution < -0.4 is 4.72 Å². The molecule has 0 bridgehead atoms. The van der Waals surface area contributed by atoms with Crippen LogP contribution in [0.1, 0.15) is 12.8 Å². The van der Waals surface area contributed by atoms with Crippen LogP contribution in [0.3, 0.4) is 0 Å². The summed E-state index contributed by atoms with van der Waals surface area (Å²) in [5.74, 6) is 0. The minimum absolute atomic E-state index is 0.140. The molecule has 15 heavy (non-hydrogen) atoms. The first-order chi connectivity index (χ1) is 6.97. The van der Waals surface area contributed by atoms with Crippen molar-refractivity contribution in [1.82, 2.24) is 4.72 Å². The number of halogens is 1. The number of thiophene rings is 1. The number of aliphatic hydroxyl groups excluding tert-OH is 1. The van der Waals surface area contributed by atoms with Gasteiger partial charge in [-0.2, -0.15) is 0 Å². The van der Waals surface area contributed by atoms with Gasteiger partial charge in [0.2, 0.25) is 0 Å². The van der Waals surface area contributed by atoms with Gasteiger partial charge < -0.3 is 5.11 Å². The van der Waals surface area contributed by atoms with E-state index in [2.05, 4.69) is 20.7 Å². The molecule has 7 heteroatoms. The fraction of sp³-hybridized carbons (Fsp3) is 0.500. The summed E-state index contributed by atoms with van der Waals surface area (Å²) in [5.41, 5.74) is -0.602. The van der Waals surface area contributed by atoms with Crippen LogP contribution in [0.5, 0.6) is 0 Å². The molecule has 1 saturated carbocycles. The van der Waals surface area contributed by atoms with Crippen LogP contribution in [0.4, 0.5) is 0 Å². The van der Waals surface area contributed by atoms with Crippen LogP contribution in [0.15, 0.2) is 20.1 Å². The lowest BCUT2D eigenvalue weighted by molar-refractivity contribution is 0.246. The maximum absolute atomic E-state index is 11.8. The lowest BCUT2D eigenvalue weighted by Gasteiger charge is -2.13. The van der Waals surface area contributed by atoms with E-state index >= 15 is 0 Å². The third kappa shape index (κ3) is 2.42. The molecule has 1 fully saturated rings. The Morgan fingerprint density at radius 2 is 2.20 bits per heavy atom. The topological polar surface area (TPSA) is 66.4 Å². The van der Waals surface area contributed by atoms with Crippen LogP contribution in [0, 0.1) is 0 Å². The van der Waals surface area contributed by atoms with Gasteiger partial charge in [0, 0.05) is 0 Å². The fourth-order valence-corrected chi connectivity index (χ4v) is 4.68. The van der Waals surface area contributed by atoms with Gasteiger partial charge in [0.05, 0.1) is 15.9 Å². The highest BCUT2D eigenvalue weighted by molar-refractivity contribution is 9.11. The van der Waals surface area contributed by atoms with Crippen LogP contribution in [-0.2, 0) is 10.0 Å². The van der Waals surface area contributed by atoms with E-state index in [1.807, 2.05) is 0 Å². The average Bonchev–Trinajstić information content (AvgIpc) is 2.78. The van der Waals surface area contributed by atoms with Gasteiger partial charge in [-0.3, -0.25) is 0 Å². The van der Waals surface area contributed by atoms with E-state index < -0.39 is 15.6 Å². The molecule has 0 aliphatic heterocycles. The van der Waals surface area contributed by atoms with Crippen LogP contribution in [0.2, 0.25) is 0 Å². The smallest absolute Gasteiger partial charge is 0.250 e. The molecule has 84 valence electrons. The Morgan fingerprint density at radius 3 is 2.60 bits per heavy atom. The molecule has 0 amide bonds. The molecule has 1 aliphatic carbocycles. The normalized spacial score (nSPS) is 19.1. The molecule has 2 rings (SSSR count). The first-order valence-corrected chi connectivity index (χ1v) is 7.47. The van der Waals surface area contributed by atoms with Crippen LogP contribution >= 0.6 is 27.3 Å². The summed E-state index contributed by atoms with van der Waals surface area (Å²) < 4.78 is 27.2. The Bertz CT molecular complexity index is 464. The Hall–Kier alpha value is 0.0500. The molecule has 1 heterocycles. The van der Waals surface area contributed by atoms with Crippen molar-refractivity contribution in [2.45, 2.75) is 22.6 Å². The number of hydrogen-bond donors (Lipinski definition) is 2. The molecule has 0 saturated heterocycles. The molecule has 1 aromatic rings. The van der Waals surface area contributed by atoms with Crippen molar-refractivity contribution in [3.05, 3.63) is 15.9 Å². The molecule has 0 atom stereocenters. The van der Waals surface area contributed by atoms with E-state index in [1.54, 1.807) is 12.1 Å². The van der Waals surface area contributed by atoms with Gasteiger partial charge in [0.15, 0.2) is 0 Å². The summed E-state index contributed by atoms with van der Waals surface area (Å²) in [6.45, 7) is -0.140. The van der Waals surface area contributed by atoms with Crippen molar-refractivity contribution < 1.29 is 13.5 Å². The Labute approximate surface area is 100 Å². The second kappa shape index (κ2) is 3.81. The lowest BCUT2D eigenvalue weighted by Crippen LogP contribution is -2.39. The minimum Gasteiger partial charge on any atom is -0.394 e. The standard InChI is InChI=1S/C8H10BrNO3S2/c9-6-1-2-7(14-6)15(12,13)10-8(5-11)3-4-8/h1-2,10-11H,3-5H2. The van der Waals surface area contributed by atoms with Gasteiger partial charge >= 0.3 is 0 Å². The third-order valence-corrected chi connectivity index (χ3v) is 6.01. The molecular formula is C8H10BrNO3S2. The minimum atomic E-state index is -3.47. The van der Waals surface area contributed by atoms with Crippen molar-refractivity contribution in [3.8, 4) is 0 Å². The summed E-state index contributed by atoms with van der Waals surface area (Å²) in [6, 6.07) is 3.24. The summed E-state index contributed by atoms with van der Waals surface area (Å²) in [5, 5.41) is 9.04. The summed E-state index contributed by atoms with van der Waals surface area (Å²) in [6.07, 6.45) is 1.41. The molecule has 2 N–H and O–H groups in total. The van der Waals surface area contributed by atoms with E-state index in [4.69, 9.17) is 5.11 Å². The van der Waals surface area contributed by atoms with E-state index in [9.17, 15) is 8.42 Å². The molecule has 0 aromatic carbocycles. The van der Waals surface area contributed by atoms with Gasteiger partial charge in [-0.15, -0.1) is 11.3 Å². The monoisotopic (exact) mass is 311 g/mol. The summed E-state index contributed by atoms with van der Waals surface area (Å²) in [4.78, 5) is 0. The van der Waals surface area contributed by atoms with Gasteiger partial charge in [-0.05, 0) is 40.9 Å². The second-order valence-electron chi connectivity index (χ2n) is 3.60. The van der Waals surface area contributed by atoms with Gasteiger partial charge in [0.25, 0.3) is 10.0 Å². The molecule has 0 unspecified atom stereocenters. The van der Waals surface area contributed by atoms with Crippen LogP contribution in [0.25, 0.3) is 0 Å². The summed E-state index contributed by atoms with van der Waals surface area (Å²) in [7, 11) is -3.47. The zero-order chi connectivity index (χ0) is 11.1. The zero-order valence-corrected chi connectivity index (χ0v) is 11.0. The molecule has 1 aliphatic rings. The average molecular weight is 312 g/mol.